The summed E-state index contributed by atoms with van der Waals surface area (Å²) in [7, 11) is 2.16. The molecule has 2 aromatic heterocycles. The molecule has 172 valence electrons. The molecule has 1 aromatic carbocycles. The summed E-state index contributed by atoms with van der Waals surface area (Å²) in [5.74, 6) is 1.27. The van der Waals surface area contributed by atoms with Gasteiger partial charge in [0.25, 0.3) is 0 Å². The molecule has 33 heavy (non-hydrogen) atoms. The Morgan fingerprint density at radius 1 is 1.18 bits per heavy atom. The van der Waals surface area contributed by atoms with Crippen LogP contribution in [0.25, 0.3) is 11.3 Å². The maximum atomic E-state index is 9.15. The fraction of sp³-hybridized carbons (Fsp3) is 0.440. The van der Waals surface area contributed by atoms with Crippen molar-refractivity contribution in [2.24, 2.45) is 5.41 Å². The predicted molar refractivity (Wildman–Crippen MR) is 128 cm³/mol. The van der Waals surface area contributed by atoms with Crippen molar-refractivity contribution in [3.05, 3.63) is 48.4 Å². The number of hydrogen-bond donors (Lipinski definition) is 1. The molecule has 8 heteroatoms. The summed E-state index contributed by atoms with van der Waals surface area (Å²) in [5, 5.41) is 17.0. The number of likely N-dealkylation sites (tertiary alicyclic amines) is 1. The lowest BCUT2D eigenvalue weighted by molar-refractivity contribution is 0.212. The van der Waals surface area contributed by atoms with Crippen molar-refractivity contribution in [2.45, 2.75) is 39.7 Å². The molecule has 8 nitrogen and oxygen atoms in total. The van der Waals surface area contributed by atoms with E-state index in [-0.39, 0.29) is 0 Å². The maximum absolute atomic E-state index is 9.15. The van der Waals surface area contributed by atoms with Crippen molar-refractivity contribution in [2.75, 3.05) is 32.1 Å². The second-order valence-electron chi connectivity index (χ2n) is 9.40. The molecule has 3 heterocycles. The standard InChI is InChI=1S/C25H31N7O/c1-18-13-27-24(29-20-14-28-32(15-20)21-9-11-31(4)12-10-21)30-23(18)19-5-7-22(8-6-19)33-17-25(2,3)16-26/h5-8,13-15,21H,9-12,17H2,1-4H3,(H,27,29,30). The zero-order valence-corrected chi connectivity index (χ0v) is 19.7. The summed E-state index contributed by atoms with van der Waals surface area (Å²) >= 11 is 0. The number of nitrogens with zero attached hydrogens (tertiary/aromatic N) is 6. The number of ether oxygens (including phenoxy) is 1. The van der Waals surface area contributed by atoms with Gasteiger partial charge in [0.1, 0.15) is 12.4 Å². The third-order valence-electron chi connectivity index (χ3n) is 5.92. The first-order valence-corrected chi connectivity index (χ1v) is 11.3. The summed E-state index contributed by atoms with van der Waals surface area (Å²) in [6.07, 6.45) is 7.91. The summed E-state index contributed by atoms with van der Waals surface area (Å²) < 4.78 is 7.82. The minimum atomic E-state index is -0.524. The van der Waals surface area contributed by atoms with E-state index in [1.165, 1.54) is 0 Å². The first-order chi connectivity index (χ1) is 15.8. The van der Waals surface area contributed by atoms with Gasteiger partial charge in [0.2, 0.25) is 5.95 Å². The quantitative estimate of drug-likeness (QED) is 0.569. The third kappa shape index (κ3) is 5.68. The van der Waals surface area contributed by atoms with Crippen molar-refractivity contribution < 1.29 is 4.74 Å². The maximum Gasteiger partial charge on any atom is 0.227 e. The van der Waals surface area contributed by atoms with Gasteiger partial charge in [-0.05, 0) is 83.6 Å². The molecular formula is C25H31N7O. The minimum absolute atomic E-state index is 0.342. The van der Waals surface area contributed by atoms with Crippen LogP contribution in [0.2, 0.25) is 0 Å². The van der Waals surface area contributed by atoms with Crippen LogP contribution in [-0.2, 0) is 0 Å². The average molecular weight is 446 g/mol. The van der Waals surface area contributed by atoms with Crippen molar-refractivity contribution in [1.29, 1.82) is 5.26 Å². The molecule has 0 aliphatic carbocycles. The minimum Gasteiger partial charge on any atom is -0.492 e. The molecule has 0 radical (unpaired) electrons. The number of aromatic nitrogens is 4. The van der Waals surface area contributed by atoms with E-state index < -0.39 is 5.41 Å². The zero-order valence-electron chi connectivity index (χ0n) is 19.7. The molecule has 1 aliphatic heterocycles. The van der Waals surface area contributed by atoms with Crippen LogP contribution in [0.3, 0.4) is 0 Å². The largest absolute Gasteiger partial charge is 0.492 e. The monoisotopic (exact) mass is 445 g/mol. The van der Waals surface area contributed by atoms with Crippen LogP contribution >= 0.6 is 0 Å². The number of benzene rings is 1. The molecule has 3 aromatic rings. The molecule has 0 atom stereocenters. The van der Waals surface area contributed by atoms with Gasteiger partial charge in [-0.15, -0.1) is 0 Å². The van der Waals surface area contributed by atoms with Gasteiger partial charge in [-0.25, -0.2) is 9.97 Å². The van der Waals surface area contributed by atoms with E-state index in [9.17, 15) is 0 Å². The lowest BCUT2D eigenvalue weighted by atomic mass is 9.98. The second-order valence-corrected chi connectivity index (χ2v) is 9.40. The van der Waals surface area contributed by atoms with Crippen molar-refractivity contribution in [1.82, 2.24) is 24.6 Å². The van der Waals surface area contributed by atoms with E-state index in [2.05, 4.69) is 38.1 Å². The van der Waals surface area contributed by atoms with E-state index in [1.54, 1.807) is 0 Å². The Morgan fingerprint density at radius 3 is 2.61 bits per heavy atom. The summed E-state index contributed by atoms with van der Waals surface area (Å²) in [6, 6.07) is 10.5. The Kier molecular flexibility index (Phi) is 6.61. The molecule has 1 aliphatic rings. The van der Waals surface area contributed by atoms with Crippen molar-refractivity contribution >= 4 is 11.6 Å². The zero-order chi connectivity index (χ0) is 23.4. The van der Waals surface area contributed by atoms with E-state index >= 15 is 0 Å². The van der Waals surface area contributed by atoms with Crippen LogP contribution in [0.5, 0.6) is 5.75 Å². The SMILES string of the molecule is Cc1cnc(Nc2cnn(C3CCN(C)CC3)c2)nc1-c1ccc(OCC(C)(C)C#N)cc1. The predicted octanol–water partition coefficient (Wildman–Crippen LogP) is 4.59. The Bertz CT molecular complexity index is 1120. The summed E-state index contributed by atoms with van der Waals surface area (Å²) in [6.45, 7) is 8.25. The fourth-order valence-corrected chi connectivity index (χ4v) is 3.79. The fourth-order valence-electron chi connectivity index (χ4n) is 3.79. The Hall–Kier alpha value is -3.44. The van der Waals surface area contributed by atoms with Gasteiger partial charge in [-0.2, -0.15) is 10.4 Å². The molecule has 1 saturated heterocycles. The molecule has 0 amide bonds. The Labute approximate surface area is 195 Å². The molecule has 1 N–H and O–H groups in total. The highest BCUT2D eigenvalue weighted by atomic mass is 16.5. The lowest BCUT2D eigenvalue weighted by Gasteiger charge is -2.28. The third-order valence-corrected chi connectivity index (χ3v) is 5.92. The number of nitriles is 1. The first-order valence-electron chi connectivity index (χ1n) is 11.3. The Morgan fingerprint density at radius 2 is 1.91 bits per heavy atom. The molecule has 4 rings (SSSR count). The molecule has 1 fully saturated rings. The number of aryl methyl sites for hydroxylation is 1. The highest BCUT2D eigenvalue weighted by Gasteiger charge is 2.19. The van der Waals surface area contributed by atoms with E-state index in [0.29, 0.717) is 18.6 Å². The van der Waals surface area contributed by atoms with Gasteiger partial charge in [0.15, 0.2) is 0 Å². The van der Waals surface area contributed by atoms with Crippen LogP contribution in [0.15, 0.2) is 42.9 Å². The molecule has 0 unspecified atom stereocenters. The number of rotatable bonds is 7. The van der Waals surface area contributed by atoms with E-state index in [0.717, 1.165) is 54.2 Å². The number of nitrogens with one attached hydrogen (secondary N) is 1. The number of anilines is 2. The van der Waals surface area contributed by atoms with E-state index in [1.807, 2.05) is 63.6 Å². The van der Waals surface area contributed by atoms with Crippen LogP contribution in [0.4, 0.5) is 11.6 Å². The second kappa shape index (κ2) is 9.59. The highest BCUT2D eigenvalue weighted by Crippen LogP contribution is 2.27. The van der Waals surface area contributed by atoms with Crippen LogP contribution < -0.4 is 10.1 Å². The first kappa shape index (κ1) is 22.7. The lowest BCUT2D eigenvalue weighted by Crippen LogP contribution is -2.31. The normalized spacial score (nSPS) is 15.2. The smallest absolute Gasteiger partial charge is 0.227 e. The van der Waals surface area contributed by atoms with E-state index in [4.69, 9.17) is 15.0 Å². The van der Waals surface area contributed by atoms with Crippen LogP contribution in [-0.4, -0.2) is 51.4 Å². The molecule has 0 saturated carbocycles. The molecule has 0 spiro atoms. The molecular weight excluding hydrogens is 414 g/mol. The van der Waals surface area contributed by atoms with Crippen LogP contribution in [0, 0.1) is 23.7 Å². The van der Waals surface area contributed by atoms with Gasteiger partial charge in [0, 0.05) is 18.0 Å². The molecule has 0 bridgehead atoms. The van der Waals surface area contributed by atoms with Gasteiger partial charge in [-0.3, -0.25) is 4.68 Å². The Balaban J connectivity index is 1.44. The van der Waals surface area contributed by atoms with Gasteiger partial charge in [0.05, 0.1) is 35.1 Å². The average Bonchev–Trinajstić information content (AvgIpc) is 3.28. The van der Waals surface area contributed by atoms with Crippen molar-refractivity contribution in [3.8, 4) is 23.1 Å². The van der Waals surface area contributed by atoms with Crippen molar-refractivity contribution in [3.63, 3.8) is 0 Å². The van der Waals surface area contributed by atoms with Crippen LogP contribution in [0.1, 0.15) is 38.3 Å². The number of hydrogen-bond acceptors (Lipinski definition) is 7. The highest BCUT2D eigenvalue weighted by molar-refractivity contribution is 5.65. The van der Waals surface area contributed by atoms with Gasteiger partial charge < -0.3 is 15.0 Å². The summed E-state index contributed by atoms with van der Waals surface area (Å²) in [5.41, 5.74) is 3.18. The van der Waals surface area contributed by atoms with Gasteiger partial charge in [-0.1, -0.05) is 0 Å². The topological polar surface area (TPSA) is 91.9 Å². The number of piperidine rings is 1. The summed E-state index contributed by atoms with van der Waals surface area (Å²) in [4.78, 5) is 11.6. The van der Waals surface area contributed by atoms with Gasteiger partial charge >= 0.3 is 0 Å².